The highest BCUT2D eigenvalue weighted by Gasteiger charge is 2.40. The number of hydrogen-bond acceptors (Lipinski definition) is 2. The molecule has 0 bridgehead atoms. The fraction of sp³-hybridized carbons (Fsp3) is 0.364. The van der Waals surface area contributed by atoms with E-state index in [2.05, 4.69) is 98.6 Å². The van der Waals surface area contributed by atoms with Crippen LogP contribution in [0, 0.1) is 5.92 Å². The van der Waals surface area contributed by atoms with Gasteiger partial charge in [-0.2, -0.15) is 0 Å². The smallest absolute Gasteiger partial charge is 0.121 e. The fourth-order valence-electron chi connectivity index (χ4n) is 3.50. The molecule has 2 rings (SSSR count). The predicted octanol–water partition coefficient (Wildman–Crippen LogP) is 4.72. The van der Waals surface area contributed by atoms with Crippen LogP contribution in [0.25, 0.3) is 0 Å². The first-order valence-electron chi connectivity index (χ1n) is 8.61. The van der Waals surface area contributed by atoms with E-state index in [1.54, 1.807) is 0 Å². The lowest BCUT2D eigenvalue weighted by Gasteiger charge is -2.40. The molecule has 0 radical (unpaired) electrons. The van der Waals surface area contributed by atoms with Gasteiger partial charge in [0, 0.05) is 26.1 Å². The summed E-state index contributed by atoms with van der Waals surface area (Å²) in [5, 5.41) is 0. The van der Waals surface area contributed by atoms with E-state index in [1.807, 2.05) is 7.11 Å². The number of likely N-dealkylation sites (N-methyl/N-ethyl adjacent to an activating group) is 1. The van der Waals surface area contributed by atoms with Crippen LogP contribution in [-0.2, 0) is 10.3 Å². The van der Waals surface area contributed by atoms with E-state index in [0.29, 0.717) is 5.92 Å². The molecule has 0 fully saturated rings. The third-order valence-corrected chi connectivity index (χ3v) is 4.66. The Morgan fingerprint density at radius 3 is 1.92 bits per heavy atom. The van der Waals surface area contributed by atoms with Gasteiger partial charge in [-0.1, -0.05) is 79.7 Å². The fourth-order valence-corrected chi connectivity index (χ4v) is 3.50. The molecule has 0 N–H and O–H groups in total. The van der Waals surface area contributed by atoms with Gasteiger partial charge in [-0.15, -0.1) is 0 Å². The molecule has 0 aliphatic rings. The van der Waals surface area contributed by atoms with Crippen molar-refractivity contribution in [2.45, 2.75) is 19.4 Å². The molecule has 0 saturated carbocycles. The normalized spacial score (nSPS) is 13.5. The number of allylic oxidation sites excluding steroid dienone is 1. The minimum Gasteiger partial charge on any atom is -0.368 e. The van der Waals surface area contributed by atoms with Gasteiger partial charge in [-0.3, -0.25) is 0 Å². The van der Waals surface area contributed by atoms with Crippen LogP contribution in [0.3, 0.4) is 0 Å². The molecule has 24 heavy (non-hydrogen) atoms. The van der Waals surface area contributed by atoms with Gasteiger partial charge in [0.1, 0.15) is 5.60 Å². The van der Waals surface area contributed by atoms with Crippen molar-refractivity contribution < 1.29 is 4.74 Å². The van der Waals surface area contributed by atoms with Crippen LogP contribution >= 0.6 is 0 Å². The Bertz CT molecular complexity index is 581. The molecule has 1 atom stereocenters. The Morgan fingerprint density at radius 2 is 1.50 bits per heavy atom. The summed E-state index contributed by atoms with van der Waals surface area (Å²) in [4.78, 5) is 2.34. The van der Waals surface area contributed by atoms with Crippen LogP contribution in [0.5, 0.6) is 0 Å². The van der Waals surface area contributed by atoms with E-state index in [1.165, 1.54) is 11.1 Å². The van der Waals surface area contributed by atoms with Gasteiger partial charge in [0.2, 0.25) is 0 Å². The molecule has 0 aliphatic carbocycles. The molecule has 128 valence electrons. The zero-order valence-electron chi connectivity index (χ0n) is 15.3. The lowest BCUT2D eigenvalue weighted by atomic mass is 9.76. The Kier molecular flexibility index (Phi) is 6.77. The van der Waals surface area contributed by atoms with Crippen LogP contribution < -0.4 is 0 Å². The second-order valence-electron chi connectivity index (χ2n) is 6.36. The van der Waals surface area contributed by atoms with E-state index in [4.69, 9.17) is 4.74 Å². The van der Waals surface area contributed by atoms with Crippen molar-refractivity contribution in [2.75, 3.05) is 27.2 Å². The topological polar surface area (TPSA) is 12.5 Å². The first kappa shape index (κ1) is 18.4. The molecule has 2 heteroatoms. The van der Waals surface area contributed by atoms with E-state index >= 15 is 0 Å². The van der Waals surface area contributed by atoms with E-state index < -0.39 is 5.60 Å². The highest BCUT2D eigenvalue weighted by atomic mass is 16.5. The van der Waals surface area contributed by atoms with Crippen LogP contribution in [0.4, 0.5) is 0 Å². The molecule has 0 amide bonds. The summed E-state index contributed by atoms with van der Waals surface area (Å²) >= 11 is 0. The minimum atomic E-state index is -0.452. The number of ether oxygens (including phenoxy) is 1. The molecule has 2 aromatic rings. The molecule has 0 aliphatic heterocycles. The van der Waals surface area contributed by atoms with Crippen molar-refractivity contribution in [3.8, 4) is 0 Å². The Balaban J connectivity index is 2.42. The van der Waals surface area contributed by atoms with Gasteiger partial charge >= 0.3 is 0 Å². The molecule has 0 aromatic heterocycles. The molecule has 2 nitrogen and oxygen atoms in total. The molecule has 0 saturated heterocycles. The maximum atomic E-state index is 6.23. The van der Waals surface area contributed by atoms with Crippen molar-refractivity contribution in [2.24, 2.45) is 5.92 Å². The third kappa shape index (κ3) is 3.95. The van der Waals surface area contributed by atoms with Gasteiger partial charge in [-0.25, -0.2) is 0 Å². The SMILES string of the molecule is C/C=C/CN(C)CC(C)C(OC)(c1ccccc1)c1ccccc1. The summed E-state index contributed by atoms with van der Waals surface area (Å²) in [5.74, 6) is 0.294. The van der Waals surface area contributed by atoms with Crippen LogP contribution in [0.1, 0.15) is 25.0 Å². The Hall–Kier alpha value is -1.90. The van der Waals surface area contributed by atoms with Crippen molar-refractivity contribution in [3.05, 3.63) is 83.9 Å². The van der Waals surface area contributed by atoms with Crippen LogP contribution in [0.15, 0.2) is 72.8 Å². The molecular weight excluding hydrogens is 294 g/mol. The number of methoxy groups -OCH3 is 1. The van der Waals surface area contributed by atoms with E-state index in [-0.39, 0.29) is 0 Å². The first-order valence-corrected chi connectivity index (χ1v) is 8.61. The van der Waals surface area contributed by atoms with Gasteiger partial charge in [-0.05, 0) is 25.1 Å². The van der Waals surface area contributed by atoms with E-state index in [0.717, 1.165) is 13.1 Å². The third-order valence-electron chi connectivity index (χ3n) is 4.66. The average Bonchev–Trinajstić information content (AvgIpc) is 2.63. The monoisotopic (exact) mass is 323 g/mol. The summed E-state index contributed by atoms with van der Waals surface area (Å²) in [6.45, 7) is 6.23. The Labute approximate surface area is 146 Å². The van der Waals surface area contributed by atoms with E-state index in [9.17, 15) is 0 Å². The maximum Gasteiger partial charge on any atom is 0.121 e. The quantitative estimate of drug-likeness (QED) is 0.652. The summed E-state index contributed by atoms with van der Waals surface area (Å²) < 4.78 is 6.23. The zero-order valence-corrected chi connectivity index (χ0v) is 15.3. The maximum absolute atomic E-state index is 6.23. The van der Waals surface area contributed by atoms with Crippen LogP contribution in [0.2, 0.25) is 0 Å². The summed E-state index contributed by atoms with van der Waals surface area (Å²) in [6.07, 6.45) is 4.28. The van der Waals surface area contributed by atoms with Gasteiger partial charge in [0.05, 0.1) is 0 Å². The summed E-state index contributed by atoms with van der Waals surface area (Å²) in [6, 6.07) is 21.1. The molecule has 0 heterocycles. The zero-order chi connectivity index (χ0) is 17.4. The molecule has 2 aromatic carbocycles. The predicted molar refractivity (Wildman–Crippen MR) is 102 cm³/mol. The molecule has 0 spiro atoms. The number of nitrogens with zero attached hydrogens (tertiary/aromatic N) is 1. The van der Waals surface area contributed by atoms with Crippen molar-refractivity contribution >= 4 is 0 Å². The lowest BCUT2D eigenvalue weighted by Crippen LogP contribution is -2.42. The second-order valence-corrected chi connectivity index (χ2v) is 6.36. The Morgan fingerprint density at radius 1 is 1.00 bits per heavy atom. The van der Waals surface area contributed by atoms with Crippen molar-refractivity contribution in [3.63, 3.8) is 0 Å². The minimum absolute atomic E-state index is 0.294. The lowest BCUT2D eigenvalue weighted by molar-refractivity contribution is -0.0315. The van der Waals surface area contributed by atoms with Gasteiger partial charge in [0.25, 0.3) is 0 Å². The van der Waals surface area contributed by atoms with Crippen LogP contribution in [-0.4, -0.2) is 32.1 Å². The van der Waals surface area contributed by atoms with Gasteiger partial charge < -0.3 is 9.64 Å². The number of benzene rings is 2. The summed E-state index contributed by atoms with van der Waals surface area (Å²) in [5.41, 5.74) is 1.95. The first-order chi connectivity index (χ1) is 11.6. The van der Waals surface area contributed by atoms with Crippen molar-refractivity contribution in [1.82, 2.24) is 4.90 Å². The standard InChI is InChI=1S/C22H29NO/c1-5-6-17-23(3)18-19(2)22(24-4,20-13-9-7-10-14-20)21-15-11-8-12-16-21/h5-16,19H,17-18H2,1-4H3/b6-5+. The average molecular weight is 323 g/mol. The highest BCUT2D eigenvalue weighted by Crippen LogP contribution is 2.40. The molecular formula is C22H29NO. The largest absolute Gasteiger partial charge is 0.368 e. The molecule has 1 unspecified atom stereocenters. The number of rotatable bonds is 8. The summed E-state index contributed by atoms with van der Waals surface area (Å²) in [7, 11) is 3.98. The van der Waals surface area contributed by atoms with Crippen molar-refractivity contribution in [1.29, 1.82) is 0 Å². The second kappa shape index (κ2) is 8.81. The van der Waals surface area contributed by atoms with Gasteiger partial charge in [0.15, 0.2) is 0 Å². The number of hydrogen-bond donors (Lipinski definition) is 0. The highest BCUT2D eigenvalue weighted by molar-refractivity contribution is 5.37.